The molecule has 1 aliphatic rings. The fourth-order valence-electron chi connectivity index (χ4n) is 4.21. The van der Waals surface area contributed by atoms with Crippen LogP contribution >= 0.6 is 0 Å². The molecular formula is C26H30N2O2. The first-order valence-electron chi connectivity index (χ1n) is 10.6. The second kappa shape index (κ2) is 10.8. The minimum atomic E-state index is -0.537. The molecule has 4 heteroatoms. The van der Waals surface area contributed by atoms with Crippen LogP contribution in [0, 0.1) is 18.1 Å². The summed E-state index contributed by atoms with van der Waals surface area (Å²) in [7, 11) is 0. The van der Waals surface area contributed by atoms with Gasteiger partial charge in [-0.3, -0.25) is 10.0 Å². The lowest BCUT2D eigenvalue weighted by atomic mass is 9.86. The first-order valence-corrected chi connectivity index (χ1v) is 10.6. The monoisotopic (exact) mass is 402 g/mol. The standard InChI is InChI=1S/C19H25N.C7H5NO2/c1-14-7-5-10-17(13-14)20-15(2)18-12-6-9-16-8-3-4-11-19(16)18;9-7(8-10)6-4-2-1-3-5-6/h3-4,6,8-9,11-12,14-15,17,20H,5,7,10,13H2,1-2H3;2,4-5,10H,(H,8,9). The summed E-state index contributed by atoms with van der Waals surface area (Å²) < 4.78 is 0. The second-order valence-corrected chi connectivity index (χ2v) is 8.09. The number of fused-ring (bicyclic) bond motifs is 1. The lowest BCUT2D eigenvalue weighted by Gasteiger charge is -2.30. The predicted molar refractivity (Wildman–Crippen MR) is 120 cm³/mol. The van der Waals surface area contributed by atoms with Crippen LogP contribution in [0.15, 0.2) is 60.7 Å². The predicted octanol–water partition coefficient (Wildman–Crippen LogP) is 5.48. The summed E-state index contributed by atoms with van der Waals surface area (Å²) in [6, 6.07) is 26.2. The molecule has 3 unspecified atom stereocenters. The fraction of sp³-hybridized carbons (Fsp3) is 0.346. The maximum atomic E-state index is 10.6. The van der Waals surface area contributed by atoms with Gasteiger partial charge < -0.3 is 5.32 Å². The molecule has 4 nitrogen and oxygen atoms in total. The number of hydrogen-bond acceptors (Lipinski definition) is 3. The van der Waals surface area contributed by atoms with Gasteiger partial charge in [0, 0.05) is 18.2 Å². The highest BCUT2D eigenvalue weighted by molar-refractivity contribution is 5.93. The summed E-state index contributed by atoms with van der Waals surface area (Å²) in [5.74, 6) is 0.339. The van der Waals surface area contributed by atoms with Gasteiger partial charge in [-0.2, -0.15) is 0 Å². The Balaban J connectivity index is 0.000000216. The molecule has 3 N–H and O–H groups in total. The molecule has 0 bridgehead atoms. The molecule has 1 saturated carbocycles. The largest absolute Gasteiger partial charge is 0.307 e. The van der Waals surface area contributed by atoms with E-state index in [4.69, 9.17) is 5.21 Å². The molecule has 0 aliphatic heterocycles. The van der Waals surface area contributed by atoms with E-state index >= 15 is 0 Å². The Bertz CT molecular complexity index is 937. The maximum Gasteiger partial charge on any atom is 0.275 e. The average molecular weight is 403 g/mol. The summed E-state index contributed by atoms with van der Waals surface area (Å²) in [4.78, 5) is 10.6. The Morgan fingerprint density at radius 2 is 1.90 bits per heavy atom. The number of hydrogen-bond donors (Lipinski definition) is 3. The van der Waals surface area contributed by atoms with E-state index in [1.807, 2.05) is 0 Å². The van der Waals surface area contributed by atoms with Gasteiger partial charge in [0.15, 0.2) is 0 Å². The molecule has 0 spiro atoms. The molecule has 0 radical (unpaired) electrons. The fourth-order valence-corrected chi connectivity index (χ4v) is 4.21. The molecule has 3 aromatic rings. The summed E-state index contributed by atoms with van der Waals surface area (Å²) in [6.45, 7) is 4.69. The van der Waals surface area contributed by atoms with Crippen molar-refractivity contribution in [1.29, 1.82) is 0 Å². The summed E-state index contributed by atoms with van der Waals surface area (Å²) >= 11 is 0. The SMILES string of the molecule is CC1CCCC(NC(C)c2cccc3ccccc23)C1.O=C(NO)c1cc#ccc1. The van der Waals surface area contributed by atoms with Crippen molar-refractivity contribution >= 4 is 16.7 Å². The van der Waals surface area contributed by atoms with Gasteiger partial charge in [0.05, 0.1) is 5.56 Å². The van der Waals surface area contributed by atoms with Crippen molar-refractivity contribution in [2.75, 3.05) is 0 Å². The van der Waals surface area contributed by atoms with E-state index in [1.165, 1.54) is 59.6 Å². The van der Waals surface area contributed by atoms with Gasteiger partial charge in [0.2, 0.25) is 0 Å². The first-order chi connectivity index (χ1) is 14.6. The average Bonchev–Trinajstić information content (AvgIpc) is 2.79. The quantitative estimate of drug-likeness (QED) is 0.400. The molecule has 30 heavy (non-hydrogen) atoms. The molecule has 1 amide bonds. The number of carbonyl (C=O) groups is 1. The molecular weight excluding hydrogens is 372 g/mol. The Labute approximate surface area is 179 Å². The number of rotatable bonds is 4. The molecule has 1 aliphatic carbocycles. The summed E-state index contributed by atoms with van der Waals surface area (Å²) in [5, 5.41) is 14.8. The Kier molecular flexibility index (Phi) is 7.84. The lowest BCUT2D eigenvalue weighted by molar-refractivity contribution is 0.0706. The van der Waals surface area contributed by atoms with Crippen LogP contribution in [0.3, 0.4) is 0 Å². The molecule has 1 fully saturated rings. The number of nitrogens with one attached hydrogen (secondary N) is 2. The van der Waals surface area contributed by atoms with Crippen molar-refractivity contribution in [3.05, 3.63) is 83.9 Å². The zero-order valence-electron chi connectivity index (χ0n) is 17.7. The van der Waals surface area contributed by atoms with Gasteiger partial charge in [-0.25, -0.2) is 5.48 Å². The van der Waals surface area contributed by atoms with Gasteiger partial charge >= 0.3 is 0 Å². The molecule has 0 saturated heterocycles. The van der Waals surface area contributed by atoms with Gasteiger partial charge in [-0.15, -0.1) is 0 Å². The minimum Gasteiger partial charge on any atom is -0.307 e. The minimum absolute atomic E-state index is 0.362. The molecule has 3 atom stereocenters. The van der Waals surface area contributed by atoms with Crippen LogP contribution in [-0.2, 0) is 0 Å². The molecule has 0 heterocycles. The highest BCUT2D eigenvalue weighted by Crippen LogP contribution is 2.28. The van der Waals surface area contributed by atoms with Crippen LogP contribution < -0.4 is 10.8 Å². The van der Waals surface area contributed by atoms with Crippen LogP contribution in [0.4, 0.5) is 0 Å². The molecule has 4 rings (SSSR count). The maximum absolute atomic E-state index is 10.6. The van der Waals surface area contributed by atoms with E-state index in [-0.39, 0.29) is 0 Å². The summed E-state index contributed by atoms with van der Waals surface area (Å²) in [6.07, 6.45) is 5.44. The van der Waals surface area contributed by atoms with Gasteiger partial charge in [-0.1, -0.05) is 74.4 Å². The zero-order valence-corrected chi connectivity index (χ0v) is 17.7. The van der Waals surface area contributed by atoms with E-state index in [2.05, 4.69) is 73.8 Å². The number of carbonyl (C=O) groups excluding carboxylic acids is 1. The second-order valence-electron chi connectivity index (χ2n) is 8.09. The Hall–Kier alpha value is -2.87. The lowest BCUT2D eigenvalue weighted by Crippen LogP contribution is -2.35. The van der Waals surface area contributed by atoms with Gasteiger partial charge in [-0.05, 0) is 54.2 Å². The Morgan fingerprint density at radius 3 is 2.63 bits per heavy atom. The van der Waals surface area contributed by atoms with Crippen LogP contribution in [0.1, 0.15) is 61.5 Å². The number of hydroxylamine groups is 1. The van der Waals surface area contributed by atoms with Crippen molar-refractivity contribution in [2.24, 2.45) is 5.92 Å². The van der Waals surface area contributed by atoms with Crippen molar-refractivity contribution < 1.29 is 10.0 Å². The Morgan fingerprint density at radius 1 is 1.10 bits per heavy atom. The zero-order chi connectivity index (χ0) is 21.3. The van der Waals surface area contributed by atoms with Gasteiger partial charge in [0.1, 0.15) is 0 Å². The third-order valence-electron chi connectivity index (χ3n) is 5.73. The van der Waals surface area contributed by atoms with Gasteiger partial charge in [0.25, 0.3) is 5.91 Å². The van der Waals surface area contributed by atoms with Crippen molar-refractivity contribution in [2.45, 2.75) is 51.6 Å². The topological polar surface area (TPSA) is 61.4 Å². The van der Waals surface area contributed by atoms with E-state index in [0.29, 0.717) is 17.6 Å². The van der Waals surface area contributed by atoms with Crippen molar-refractivity contribution in [3.63, 3.8) is 0 Å². The van der Waals surface area contributed by atoms with E-state index in [1.54, 1.807) is 6.07 Å². The normalized spacial score (nSPS) is 19.2. The van der Waals surface area contributed by atoms with E-state index < -0.39 is 5.91 Å². The third kappa shape index (κ3) is 5.82. The molecule has 156 valence electrons. The highest BCUT2D eigenvalue weighted by Gasteiger charge is 2.21. The van der Waals surface area contributed by atoms with E-state index in [9.17, 15) is 4.79 Å². The highest BCUT2D eigenvalue weighted by atomic mass is 16.5. The number of benzene rings is 2. The van der Waals surface area contributed by atoms with E-state index in [0.717, 1.165) is 5.92 Å². The smallest absolute Gasteiger partial charge is 0.275 e. The van der Waals surface area contributed by atoms with Crippen molar-refractivity contribution in [1.82, 2.24) is 10.8 Å². The van der Waals surface area contributed by atoms with Crippen molar-refractivity contribution in [3.8, 4) is 0 Å². The first kappa shape index (κ1) is 21.8. The molecule has 0 aromatic heterocycles. The van der Waals surface area contributed by atoms with Crippen LogP contribution in [-0.4, -0.2) is 17.2 Å². The molecule has 3 aromatic carbocycles. The van der Waals surface area contributed by atoms with Crippen LogP contribution in [0.5, 0.6) is 0 Å². The summed E-state index contributed by atoms with van der Waals surface area (Å²) in [5.41, 5.74) is 3.30. The third-order valence-corrected chi connectivity index (χ3v) is 5.73. The van der Waals surface area contributed by atoms with Crippen LogP contribution in [0.2, 0.25) is 0 Å². The van der Waals surface area contributed by atoms with Crippen LogP contribution in [0.25, 0.3) is 10.8 Å². The number of amides is 1.